The molecule has 0 bridgehead atoms. The van der Waals surface area contributed by atoms with Crippen molar-refractivity contribution in [3.63, 3.8) is 0 Å². The molecule has 144 valence electrons. The molecule has 2 aromatic rings. The lowest BCUT2D eigenvalue weighted by atomic mass is 10.1. The largest absolute Gasteiger partial charge is 0.493 e. The first kappa shape index (κ1) is 18.2. The molecular formula is C19H24N4O3S. The maximum atomic E-state index is 12.8. The second-order valence-corrected chi connectivity index (χ2v) is 8.02. The summed E-state index contributed by atoms with van der Waals surface area (Å²) in [7, 11) is 3.23. The van der Waals surface area contributed by atoms with Gasteiger partial charge in [-0.2, -0.15) is 11.8 Å². The predicted octanol–water partition coefficient (Wildman–Crippen LogP) is 2.05. The smallest absolute Gasteiger partial charge is 0.227 e. The number of benzene rings is 1. The molecule has 27 heavy (non-hydrogen) atoms. The highest BCUT2D eigenvalue weighted by Crippen LogP contribution is 2.36. The van der Waals surface area contributed by atoms with Crippen molar-refractivity contribution in [3.8, 4) is 11.5 Å². The molecule has 2 aliphatic rings. The van der Waals surface area contributed by atoms with E-state index in [4.69, 9.17) is 9.47 Å². The summed E-state index contributed by atoms with van der Waals surface area (Å²) in [6, 6.07) is 3.78. The van der Waals surface area contributed by atoms with Crippen LogP contribution in [0.25, 0.3) is 10.9 Å². The van der Waals surface area contributed by atoms with E-state index in [0.29, 0.717) is 18.0 Å². The maximum Gasteiger partial charge on any atom is 0.227 e. The van der Waals surface area contributed by atoms with Gasteiger partial charge < -0.3 is 19.3 Å². The molecular weight excluding hydrogens is 364 g/mol. The molecule has 0 aliphatic carbocycles. The van der Waals surface area contributed by atoms with Crippen LogP contribution in [0.2, 0.25) is 0 Å². The molecule has 0 spiro atoms. The van der Waals surface area contributed by atoms with Crippen LogP contribution >= 0.6 is 11.8 Å². The van der Waals surface area contributed by atoms with Crippen molar-refractivity contribution in [2.24, 2.45) is 5.92 Å². The van der Waals surface area contributed by atoms with E-state index >= 15 is 0 Å². The van der Waals surface area contributed by atoms with Crippen LogP contribution in [0.15, 0.2) is 18.5 Å². The van der Waals surface area contributed by atoms with E-state index in [1.165, 1.54) is 0 Å². The van der Waals surface area contributed by atoms with Gasteiger partial charge in [-0.1, -0.05) is 0 Å². The van der Waals surface area contributed by atoms with Gasteiger partial charge in [-0.25, -0.2) is 9.97 Å². The van der Waals surface area contributed by atoms with Gasteiger partial charge in [-0.3, -0.25) is 4.79 Å². The van der Waals surface area contributed by atoms with E-state index in [0.717, 1.165) is 54.3 Å². The summed E-state index contributed by atoms with van der Waals surface area (Å²) >= 11 is 1.92. The number of rotatable bonds is 4. The number of amides is 1. The van der Waals surface area contributed by atoms with Crippen molar-refractivity contribution in [2.45, 2.75) is 6.42 Å². The van der Waals surface area contributed by atoms with Crippen LogP contribution in [0, 0.1) is 5.92 Å². The number of aromatic nitrogens is 2. The molecule has 1 atom stereocenters. The van der Waals surface area contributed by atoms with Crippen LogP contribution in [-0.2, 0) is 4.79 Å². The quantitative estimate of drug-likeness (QED) is 0.794. The van der Waals surface area contributed by atoms with E-state index in [1.807, 2.05) is 28.8 Å². The number of fused-ring (bicyclic) bond motifs is 1. The van der Waals surface area contributed by atoms with Gasteiger partial charge in [-0.05, 0) is 12.5 Å². The summed E-state index contributed by atoms with van der Waals surface area (Å²) in [6.45, 7) is 3.25. The van der Waals surface area contributed by atoms with Gasteiger partial charge in [0.15, 0.2) is 11.5 Å². The third kappa shape index (κ3) is 3.50. The zero-order chi connectivity index (χ0) is 18.8. The molecule has 4 rings (SSSR count). The van der Waals surface area contributed by atoms with Crippen LogP contribution in [0.5, 0.6) is 11.5 Å². The first-order valence-electron chi connectivity index (χ1n) is 9.19. The van der Waals surface area contributed by atoms with E-state index in [9.17, 15) is 4.79 Å². The van der Waals surface area contributed by atoms with Gasteiger partial charge in [0.05, 0.1) is 25.7 Å². The number of hydrogen-bond acceptors (Lipinski definition) is 7. The number of carbonyl (C=O) groups is 1. The minimum absolute atomic E-state index is 0.0401. The number of ether oxygens (including phenoxy) is 2. The highest BCUT2D eigenvalue weighted by atomic mass is 32.2. The fourth-order valence-electron chi connectivity index (χ4n) is 3.82. The molecule has 0 saturated carbocycles. The summed E-state index contributed by atoms with van der Waals surface area (Å²) in [4.78, 5) is 26.0. The fraction of sp³-hybridized carbons (Fsp3) is 0.526. The molecule has 8 heteroatoms. The molecule has 3 heterocycles. The number of thioether (sulfide) groups is 1. The Kier molecular flexibility index (Phi) is 5.24. The first-order chi connectivity index (χ1) is 13.2. The molecule has 0 radical (unpaired) electrons. The van der Waals surface area contributed by atoms with E-state index in [-0.39, 0.29) is 11.8 Å². The SMILES string of the molecule is COc1cc2ncnc(N3CCC(C(=O)N4CCSCC4)C3)c2cc1OC. The lowest BCUT2D eigenvalue weighted by Crippen LogP contribution is -2.42. The van der Waals surface area contributed by atoms with Gasteiger partial charge in [0.1, 0.15) is 12.1 Å². The molecule has 1 amide bonds. The third-order valence-corrected chi connectivity index (χ3v) is 6.22. The van der Waals surface area contributed by atoms with Crippen LogP contribution in [0.1, 0.15) is 6.42 Å². The topological polar surface area (TPSA) is 67.8 Å². The van der Waals surface area contributed by atoms with Crippen LogP contribution < -0.4 is 14.4 Å². The van der Waals surface area contributed by atoms with Gasteiger partial charge in [0, 0.05) is 49.1 Å². The Morgan fingerprint density at radius 3 is 2.59 bits per heavy atom. The molecule has 1 unspecified atom stereocenters. The Morgan fingerprint density at radius 1 is 1.11 bits per heavy atom. The summed E-state index contributed by atoms with van der Waals surface area (Å²) in [5.41, 5.74) is 0.806. The average molecular weight is 388 g/mol. The second-order valence-electron chi connectivity index (χ2n) is 6.79. The summed E-state index contributed by atoms with van der Waals surface area (Å²) in [5, 5.41) is 0.914. The summed E-state index contributed by atoms with van der Waals surface area (Å²) in [5.74, 6) is 4.56. The molecule has 2 fully saturated rings. The molecule has 2 saturated heterocycles. The summed E-state index contributed by atoms with van der Waals surface area (Å²) < 4.78 is 10.8. The minimum Gasteiger partial charge on any atom is -0.493 e. The highest BCUT2D eigenvalue weighted by Gasteiger charge is 2.33. The van der Waals surface area contributed by atoms with Gasteiger partial charge in [-0.15, -0.1) is 0 Å². The lowest BCUT2D eigenvalue weighted by molar-refractivity contribution is -0.134. The minimum atomic E-state index is 0.0401. The van der Waals surface area contributed by atoms with Crippen molar-refractivity contribution in [3.05, 3.63) is 18.5 Å². The number of nitrogens with zero attached hydrogens (tertiary/aromatic N) is 4. The second kappa shape index (κ2) is 7.80. The van der Waals surface area contributed by atoms with Crippen molar-refractivity contribution in [1.29, 1.82) is 0 Å². The van der Waals surface area contributed by atoms with Crippen LogP contribution in [0.3, 0.4) is 0 Å². The monoisotopic (exact) mass is 388 g/mol. The molecule has 0 N–H and O–H groups in total. The number of carbonyl (C=O) groups excluding carboxylic acids is 1. The van der Waals surface area contributed by atoms with Gasteiger partial charge in [0.25, 0.3) is 0 Å². The maximum absolute atomic E-state index is 12.8. The van der Waals surface area contributed by atoms with Crippen molar-refractivity contribution in [1.82, 2.24) is 14.9 Å². The Bertz CT molecular complexity index is 841. The van der Waals surface area contributed by atoms with Crippen molar-refractivity contribution >= 4 is 34.4 Å². The predicted molar refractivity (Wildman–Crippen MR) is 107 cm³/mol. The van der Waals surface area contributed by atoms with E-state index < -0.39 is 0 Å². The normalized spacial score (nSPS) is 20.1. The zero-order valence-electron chi connectivity index (χ0n) is 15.7. The Labute approximate surface area is 163 Å². The van der Waals surface area contributed by atoms with Crippen molar-refractivity contribution < 1.29 is 14.3 Å². The van der Waals surface area contributed by atoms with E-state index in [2.05, 4.69) is 14.9 Å². The Balaban J connectivity index is 1.58. The van der Waals surface area contributed by atoms with Crippen LogP contribution in [-0.4, -0.2) is 72.7 Å². The number of anilines is 1. The molecule has 1 aromatic heterocycles. The average Bonchev–Trinajstić information content (AvgIpc) is 3.22. The van der Waals surface area contributed by atoms with Gasteiger partial charge >= 0.3 is 0 Å². The van der Waals surface area contributed by atoms with E-state index in [1.54, 1.807) is 20.5 Å². The Morgan fingerprint density at radius 2 is 1.85 bits per heavy atom. The lowest BCUT2D eigenvalue weighted by Gasteiger charge is -2.29. The van der Waals surface area contributed by atoms with Gasteiger partial charge in [0.2, 0.25) is 5.91 Å². The molecule has 1 aromatic carbocycles. The van der Waals surface area contributed by atoms with Crippen molar-refractivity contribution in [2.75, 3.05) is 56.8 Å². The molecule has 2 aliphatic heterocycles. The third-order valence-electron chi connectivity index (χ3n) is 5.28. The number of hydrogen-bond donors (Lipinski definition) is 0. The zero-order valence-corrected chi connectivity index (χ0v) is 16.5. The first-order valence-corrected chi connectivity index (χ1v) is 10.3. The highest BCUT2D eigenvalue weighted by molar-refractivity contribution is 7.99. The fourth-order valence-corrected chi connectivity index (χ4v) is 4.72. The summed E-state index contributed by atoms with van der Waals surface area (Å²) in [6.07, 6.45) is 2.43. The Hall–Kier alpha value is -2.22. The standard InChI is InChI=1S/C19H24N4O3S/c1-25-16-9-14-15(10-17(16)26-2)20-12-21-18(14)23-4-3-13(11-23)19(24)22-5-7-27-8-6-22/h9-10,12-13H,3-8,11H2,1-2H3. The molecule has 7 nitrogen and oxygen atoms in total. The van der Waals surface area contributed by atoms with Crippen LogP contribution in [0.4, 0.5) is 5.82 Å². The number of methoxy groups -OCH3 is 2.